The zero-order valence-electron chi connectivity index (χ0n) is 23.0. The molecule has 2 N–H and O–H groups in total. The minimum absolute atomic E-state index is 0.244. The Kier molecular flexibility index (Phi) is 12.1. The maximum absolute atomic E-state index is 14.0. The molecule has 1 aromatic rings. The summed E-state index contributed by atoms with van der Waals surface area (Å²) in [5.41, 5.74) is 0.658. The second kappa shape index (κ2) is 13.8. The number of unbranched alkanes of at least 4 members (excludes halogenated alkanes) is 1. The molecule has 198 valence electrons. The Morgan fingerprint density at radius 1 is 1.06 bits per heavy atom. The first-order valence-corrected chi connectivity index (χ1v) is 13.8. The van der Waals surface area contributed by atoms with Gasteiger partial charge in [-0.15, -0.1) is 0 Å². The number of nitrogens with one attached hydrogen (secondary N) is 2. The number of aryl methyl sites for hydroxylation is 1. The van der Waals surface area contributed by atoms with Crippen LogP contribution in [0.15, 0.2) is 24.3 Å². The molecule has 0 radical (unpaired) electrons. The first-order valence-electron chi connectivity index (χ1n) is 12.4. The first kappa shape index (κ1) is 30.8. The zero-order chi connectivity index (χ0) is 26.8. The maximum Gasteiger partial charge on any atom is 0.408 e. The predicted molar refractivity (Wildman–Crippen MR) is 145 cm³/mol. The van der Waals surface area contributed by atoms with Crippen LogP contribution in [0.2, 0.25) is 0 Å². The van der Waals surface area contributed by atoms with Crippen LogP contribution >= 0.6 is 11.8 Å². The molecule has 0 aromatic heterocycles. The van der Waals surface area contributed by atoms with Crippen molar-refractivity contribution in [2.45, 2.75) is 97.9 Å². The largest absolute Gasteiger partial charge is 0.444 e. The molecule has 1 rings (SSSR count). The number of carbonyl (C=O) groups excluding carboxylic acids is 3. The molecule has 0 fully saturated rings. The van der Waals surface area contributed by atoms with Gasteiger partial charge in [-0.3, -0.25) is 9.59 Å². The fraction of sp³-hybridized carbons (Fsp3) is 0.667. The monoisotopic (exact) mass is 507 g/mol. The third kappa shape index (κ3) is 11.4. The minimum Gasteiger partial charge on any atom is -0.444 e. The van der Waals surface area contributed by atoms with Gasteiger partial charge in [-0.2, -0.15) is 11.8 Å². The van der Waals surface area contributed by atoms with E-state index in [4.69, 9.17) is 4.74 Å². The number of nitrogens with zero attached hydrogens (tertiary/aromatic N) is 1. The van der Waals surface area contributed by atoms with Crippen LogP contribution in [-0.4, -0.2) is 58.5 Å². The van der Waals surface area contributed by atoms with Crippen molar-refractivity contribution < 1.29 is 19.1 Å². The molecule has 8 heteroatoms. The summed E-state index contributed by atoms with van der Waals surface area (Å²) in [6.07, 6.45) is 3.34. The molecule has 0 bridgehead atoms. The summed E-state index contributed by atoms with van der Waals surface area (Å²) in [6.45, 7) is 15.5. The molecule has 0 spiro atoms. The third-order valence-electron chi connectivity index (χ3n) is 5.09. The normalized spacial score (nSPS) is 13.5. The van der Waals surface area contributed by atoms with Crippen LogP contribution in [0.5, 0.6) is 0 Å². The molecule has 35 heavy (non-hydrogen) atoms. The predicted octanol–water partition coefficient (Wildman–Crippen LogP) is 5.23. The van der Waals surface area contributed by atoms with Crippen LogP contribution in [-0.2, 0) is 14.3 Å². The van der Waals surface area contributed by atoms with E-state index in [-0.39, 0.29) is 11.8 Å². The van der Waals surface area contributed by atoms with Crippen molar-refractivity contribution in [3.05, 3.63) is 35.4 Å². The van der Waals surface area contributed by atoms with E-state index in [1.165, 1.54) is 0 Å². The summed E-state index contributed by atoms with van der Waals surface area (Å²) < 4.78 is 5.42. The molecule has 0 aliphatic carbocycles. The van der Waals surface area contributed by atoms with Gasteiger partial charge in [0, 0.05) is 12.1 Å². The first-order chi connectivity index (χ1) is 16.2. The lowest BCUT2D eigenvalue weighted by atomic mass is 9.99. The van der Waals surface area contributed by atoms with Gasteiger partial charge < -0.3 is 20.3 Å². The highest BCUT2D eigenvalue weighted by Crippen LogP contribution is 2.25. The average molecular weight is 508 g/mol. The second-order valence-electron chi connectivity index (χ2n) is 10.9. The minimum atomic E-state index is -0.814. The van der Waals surface area contributed by atoms with Crippen LogP contribution in [0, 0.1) is 6.92 Å². The van der Waals surface area contributed by atoms with Crippen molar-refractivity contribution in [3.63, 3.8) is 0 Å². The van der Waals surface area contributed by atoms with Gasteiger partial charge in [0.25, 0.3) is 0 Å². The standard InChI is InChI=1S/C27H45N3O4S/c1-10-11-17-30(24(32)21(16-18-35-9)28-25(33)34-27(6,7)8)22(23(31)29-26(3,4)5)20-14-12-19(2)13-15-20/h12-15,21-22H,10-11,16-18H2,1-9H3,(H,28,33)(H,29,31). The molecule has 7 nitrogen and oxygen atoms in total. The van der Waals surface area contributed by atoms with Gasteiger partial charge in [0.2, 0.25) is 11.8 Å². The van der Waals surface area contributed by atoms with Gasteiger partial charge in [-0.25, -0.2) is 4.79 Å². The highest BCUT2D eigenvalue weighted by Gasteiger charge is 2.36. The number of ether oxygens (including phenoxy) is 1. The quantitative estimate of drug-likeness (QED) is 0.428. The van der Waals surface area contributed by atoms with E-state index < -0.39 is 29.3 Å². The van der Waals surface area contributed by atoms with Gasteiger partial charge in [0.15, 0.2) is 0 Å². The molecule has 3 amide bonds. The van der Waals surface area contributed by atoms with Crippen LogP contribution in [0.25, 0.3) is 0 Å². The highest BCUT2D eigenvalue weighted by atomic mass is 32.2. The Labute approximate surface area is 216 Å². The Bertz CT molecular complexity index is 828. The molecule has 0 saturated heterocycles. The Morgan fingerprint density at radius 2 is 1.66 bits per heavy atom. The number of alkyl carbamates (subject to hydrolysis) is 1. The number of rotatable bonds is 11. The van der Waals surface area contributed by atoms with Crippen LogP contribution in [0.1, 0.15) is 84.9 Å². The summed E-state index contributed by atoms with van der Waals surface area (Å²) >= 11 is 1.60. The van der Waals surface area contributed by atoms with Crippen molar-refractivity contribution in [3.8, 4) is 0 Å². The third-order valence-corrected chi connectivity index (χ3v) is 5.73. The van der Waals surface area contributed by atoms with Crippen molar-refractivity contribution >= 4 is 29.7 Å². The summed E-state index contributed by atoms with van der Waals surface area (Å²) in [7, 11) is 0. The smallest absolute Gasteiger partial charge is 0.408 e. The molecule has 0 heterocycles. The Balaban J connectivity index is 3.44. The van der Waals surface area contributed by atoms with E-state index in [0.717, 1.165) is 24.0 Å². The molecule has 1 aromatic carbocycles. The maximum atomic E-state index is 14.0. The Morgan fingerprint density at radius 3 is 2.14 bits per heavy atom. The van der Waals surface area contributed by atoms with Crippen LogP contribution in [0.4, 0.5) is 4.79 Å². The Hall–Kier alpha value is -2.22. The van der Waals surface area contributed by atoms with Gasteiger partial charge in [-0.1, -0.05) is 43.2 Å². The van der Waals surface area contributed by atoms with E-state index in [1.807, 2.05) is 65.1 Å². The van der Waals surface area contributed by atoms with Crippen molar-refractivity contribution in [2.24, 2.45) is 0 Å². The number of amides is 3. The van der Waals surface area contributed by atoms with Crippen molar-refractivity contribution in [1.29, 1.82) is 0 Å². The summed E-state index contributed by atoms with van der Waals surface area (Å²) in [5, 5.41) is 5.82. The number of benzene rings is 1. The molecular weight excluding hydrogens is 462 g/mol. The van der Waals surface area contributed by atoms with Gasteiger partial charge in [-0.05, 0) is 78.9 Å². The van der Waals surface area contributed by atoms with E-state index in [0.29, 0.717) is 18.7 Å². The molecule has 0 aliphatic rings. The second-order valence-corrected chi connectivity index (χ2v) is 11.9. The lowest BCUT2D eigenvalue weighted by Crippen LogP contribution is -2.55. The molecule has 0 saturated carbocycles. The van der Waals surface area contributed by atoms with Gasteiger partial charge in [0.1, 0.15) is 17.7 Å². The van der Waals surface area contributed by atoms with Crippen LogP contribution in [0.3, 0.4) is 0 Å². The molecule has 2 unspecified atom stereocenters. The lowest BCUT2D eigenvalue weighted by Gasteiger charge is -2.36. The molecular formula is C27H45N3O4S. The number of hydrogen-bond donors (Lipinski definition) is 2. The molecule has 0 aliphatic heterocycles. The van der Waals surface area contributed by atoms with E-state index in [1.54, 1.807) is 37.4 Å². The SMILES string of the molecule is CCCCN(C(=O)C(CCSC)NC(=O)OC(C)(C)C)C(C(=O)NC(C)(C)C)c1ccc(C)cc1. The van der Waals surface area contributed by atoms with Gasteiger partial charge in [0.05, 0.1) is 0 Å². The highest BCUT2D eigenvalue weighted by molar-refractivity contribution is 7.98. The fourth-order valence-corrected chi connectivity index (χ4v) is 3.97. The zero-order valence-corrected chi connectivity index (χ0v) is 23.8. The topological polar surface area (TPSA) is 87.7 Å². The fourth-order valence-electron chi connectivity index (χ4n) is 3.50. The number of thioether (sulfide) groups is 1. The number of carbonyl (C=O) groups is 3. The number of hydrogen-bond acceptors (Lipinski definition) is 5. The van der Waals surface area contributed by atoms with Gasteiger partial charge >= 0.3 is 6.09 Å². The summed E-state index contributed by atoms with van der Waals surface area (Å²) in [6, 6.07) is 6.06. The average Bonchev–Trinajstić information content (AvgIpc) is 2.72. The van der Waals surface area contributed by atoms with E-state index in [2.05, 4.69) is 10.6 Å². The summed E-state index contributed by atoms with van der Waals surface area (Å²) in [4.78, 5) is 41.8. The van der Waals surface area contributed by atoms with Crippen LogP contribution < -0.4 is 10.6 Å². The lowest BCUT2D eigenvalue weighted by molar-refractivity contribution is -0.143. The van der Waals surface area contributed by atoms with E-state index in [9.17, 15) is 14.4 Å². The molecule has 2 atom stereocenters. The summed E-state index contributed by atoms with van der Waals surface area (Å²) in [5.74, 6) is 0.150. The van der Waals surface area contributed by atoms with Crippen molar-refractivity contribution in [2.75, 3.05) is 18.6 Å². The van der Waals surface area contributed by atoms with E-state index >= 15 is 0 Å². The van der Waals surface area contributed by atoms with Crippen molar-refractivity contribution in [1.82, 2.24) is 15.5 Å².